The summed E-state index contributed by atoms with van der Waals surface area (Å²) in [4.78, 5) is 13.7. The maximum atomic E-state index is 9.92. The summed E-state index contributed by atoms with van der Waals surface area (Å²) in [5.41, 5.74) is 8.36. The fraction of sp³-hybridized carbons (Fsp3) is 0.450. The highest BCUT2D eigenvalue weighted by Crippen LogP contribution is 2.24. The Morgan fingerprint density at radius 2 is 2.03 bits per heavy atom. The number of nitrogens with two attached hydrogens (primary N) is 1. The Bertz CT molecular complexity index is 979. The van der Waals surface area contributed by atoms with E-state index in [-0.39, 0.29) is 0 Å². The van der Waals surface area contributed by atoms with Crippen molar-refractivity contribution in [3.8, 4) is 5.75 Å². The van der Waals surface area contributed by atoms with E-state index in [0.29, 0.717) is 42.5 Å². The molecular formula is C20H29N7O2. The lowest BCUT2D eigenvalue weighted by Gasteiger charge is -2.17. The number of anilines is 3. The van der Waals surface area contributed by atoms with Crippen molar-refractivity contribution in [2.45, 2.75) is 45.9 Å². The first-order valence-electron chi connectivity index (χ1n) is 9.66. The zero-order valence-corrected chi connectivity index (χ0v) is 17.4. The lowest BCUT2D eigenvalue weighted by atomic mass is 10.1. The van der Waals surface area contributed by atoms with Crippen molar-refractivity contribution in [3.63, 3.8) is 0 Å². The van der Waals surface area contributed by atoms with Crippen LogP contribution in [0.5, 0.6) is 5.75 Å². The van der Waals surface area contributed by atoms with Crippen molar-refractivity contribution in [3.05, 3.63) is 30.1 Å². The van der Waals surface area contributed by atoms with E-state index in [9.17, 15) is 5.11 Å². The fourth-order valence-electron chi connectivity index (χ4n) is 2.90. The molecule has 0 saturated heterocycles. The number of benzene rings is 1. The molecule has 1 aromatic carbocycles. The number of methoxy groups -OCH3 is 1. The Labute approximate surface area is 170 Å². The monoisotopic (exact) mass is 399 g/mol. The maximum absolute atomic E-state index is 9.92. The Morgan fingerprint density at radius 3 is 2.72 bits per heavy atom. The van der Waals surface area contributed by atoms with E-state index in [0.717, 1.165) is 23.5 Å². The number of ether oxygens (including phenoxy) is 1. The summed E-state index contributed by atoms with van der Waals surface area (Å²) >= 11 is 0. The molecule has 156 valence electrons. The number of rotatable bonds is 9. The summed E-state index contributed by atoms with van der Waals surface area (Å²) in [6, 6.07) is 5.55. The molecule has 0 saturated carbocycles. The summed E-state index contributed by atoms with van der Waals surface area (Å²) in [6.07, 6.45) is 2.33. The predicted octanol–water partition coefficient (Wildman–Crippen LogP) is 2.62. The van der Waals surface area contributed by atoms with Gasteiger partial charge in [-0.25, -0.2) is 4.98 Å². The van der Waals surface area contributed by atoms with Gasteiger partial charge in [-0.15, -0.1) is 0 Å². The normalized spacial score (nSPS) is 11.6. The van der Waals surface area contributed by atoms with E-state index in [2.05, 4.69) is 25.6 Å². The van der Waals surface area contributed by atoms with Crippen LogP contribution in [0.4, 0.5) is 17.5 Å². The Balaban J connectivity index is 1.86. The second kappa shape index (κ2) is 8.52. The van der Waals surface area contributed by atoms with E-state index < -0.39 is 5.60 Å². The standard InChI is InChI=1S/C20H29N7O2/c1-5-27-12-24-16-17(23-11-13-10-14(29-4)6-7-15(13)21)25-19(26-18(16)27)22-9-8-20(2,3)28/h6-7,10,12,28H,5,8-9,11,21H2,1-4H3,(H2,22,23,25,26). The van der Waals surface area contributed by atoms with Crippen molar-refractivity contribution >= 4 is 28.6 Å². The van der Waals surface area contributed by atoms with Crippen LogP contribution in [0.15, 0.2) is 24.5 Å². The van der Waals surface area contributed by atoms with Crippen LogP contribution in [0, 0.1) is 0 Å². The highest BCUT2D eigenvalue weighted by Gasteiger charge is 2.15. The number of aromatic nitrogens is 4. The predicted molar refractivity (Wildman–Crippen MR) is 115 cm³/mol. The van der Waals surface area contributed by atoms with Crippen molar-refractivity contribution in [2.24, 2.45) is 0 Å². The van der Waals surface area contributed by atoms with Gasteiger partial charge < -0.3 is 30.8 Å². The van der Waals surface area contributed by atoms with E-state index in [1.807, 2.05) is 29.7 Å². The van der Waals surface area contributed by atoms with Crippen molar-refractivity contribution in [1.29, 1.82) is 0 Å². The largest absolute Gasteiger partial charge is 0.497 e. The maximum Gasteiger partial charge on any atom is 0.226 e. The summed E-state index contributed by atoms with van der Waals surface area (Å²) in [6.45, 7) is 7.36. The molecule has 5 N–H and O–H groups in total. The molecule has 0 bridgehead atoms. The minimum atomic E-state index is -0.757. The molecule has 0 radical (unpaired) electrons. The molecule has 0 aliphatic heterocycles. The smallest absolute Gasteiger partial charge is 0.226 e. The molecule has 9 heteroatoms. The van der Waals surface area contributed by atoms with Gasteiger partial charge in [0.2, 0.25) is 5.95 Å². The molecule has 0 spiro atoms. The molecular weight excluding hydrogens is 370 g/mol. The number of nitrogens with zero attached hydrogens (tertiary/aromatic N) is 4. The van der Waals surface area contributed by atoms with Crippen LogP contribution >= 0.6 is 0 Å². The molecule has 29 heavy (non-hydrogen) atoms. The minimum Gasteiger partial charge on any atom is -0.497 e. The van der Waals surface area contributed by atoms with Gasteiger partial charge >= 0.3 is 0 Å². The fourth-order valence-corrected chi connectivity index (χ4v) is 2.90. The molecule has 9 nitrogen and oxygen atoms in total. The van der Waals surface area contributed by atoms with Crippen LogP contribution in [0.2, 0.25) is 0 Å². The topological polar surface area (TPSA) is 123 Å². The first-order chi connectivity index (χ1) is 13.8. The number of hydrogen-bond acceptors (Lipinski definition) is 8. The van der Waals surface area contributed by atoms with Crippen molar-refractivity contribution < 1.29 is 9.84 Å². The number of nitrogens with one attached hydrogen (secondary N) is 2. The van der Waals surface area contributed by atoms with E-state index in [1.54, 1.807) is 27.3 Å². The van der Waals surface area contributed by atoms with Crippen LogP contribution < -0.4 is 21.1 Å². The van der Waals surface area contributed by atoms with Crippen LogP contribution in [-0.2, 0) is 13.1 Å². The Kier molecular flexibility index (Phi) is 6.07. The van der Waals surface area contributed by atoms with Crippen LogP contribution in [-0.4, -0.2) is 43.9 Å². The molecule has 3 aromatic rings. The zero-order chi connectivity index (χ0) is 21.0. The number of hydrogen-bond donors (Lipinski definition) is 4. The number of aliphatic hydroxyl groups is 1. The SMILES string of the molecule is CCn1cnc2c(NCc3cc(OC)ccc3N)nc(NCCC(C)(C)O)nc21. The summed E-state index contributed by atoms with van der Waals surface area (Å²) < 4.78 is 7.25. The van der Waals surface area contributed by atoms with E-state index in [4.69, 9.17) is 10.5 Å². The van der Waals surface area contributed by atoms with Crippen LogP contribution in [0.25, 0.3) is 11.2 Å². The summed E-state index contributed by atoms with van der Waals surface area (Å²) in [5.74, 6) is 1.85. The minimum absolute atomic E-state index is 0.469. The summed E-state index contributed by atoms with van der Waals surface area (Å²) in [5, 5.41) is 16.4. The zero-order valence-electron chi connectivity index (χ0n) is 17.4. The first-order valence-corrected chi connectivity index (χ1v) is 9.66. The van der Waals surface area contributed by atoms with Gasteiger partial charge in [-0.3, -0.25) is 0 Å². The van der Waals surface area contributed by atoms with Crippen molar-refractivity contribution in [2.75, 3.05) is 30.0 Å². The van der Waals surface area contributed by atoms with Gasteiger partial charge in [0.05, 0.1) is 19.0 Å². The molecule has 2 heterocycles. The van der Waals surface area contributed by atoms with Crippen LogP contribution in [0.3, 0.4) is 0 Å². The quantitative estimate of drug-likeness (QED) is 0.405. The highest BCUT2D eigenvalue weighted by molar-refractivity contribution is 5.84. The average Bonchev–Trinajstić information content (AvgIpc) is 3.09. The van der Waals surface area contributed by atoms with Gasteiger partial charge in [-0.2, -0.15) is 9.97 Å². The number of nitrogen functional groups attached to an aromatic ring is 1. The third-order valence-corrected chi connectivity index (χ3v) is 4.62. The Morgan fingerprint density at radius 1 is 1.24 bits per heavy atom. The third-order valence-electron chi connectivity index (χ3n) is 4.62. The third kappa shape index (κ3) is 5.05. The number of aryl methyl sites for hydroxylation is 1. The molecule has 0 unspecified atom stereocenters. The molecule has 0 atom stereocenters. The van der Waals surface area contributed by atoms with Gasteiger partial charge in [0, 0.05) is 25.3 Å². The molecule has 3 rings (SSSR count). The molecule has 0 fully saturated rings. The summed E-state index contributed by atoms with van der Waals surface area (Å²) in [7, 11) is 1.62. The molecule has 0 aliphatic rings. The number of imidazole rings is 1. The van der Waals surface area contributed by atoms with Gasteiger partial charge in [-0.05, 0) is 51.0 Å². The first kappa shape index (κ1) is 20.7. The average molecular weight is 399 g/mol. The van der Waals surface area contributed by atoms with Gasteiger partial charge in [0.15, 0.2) is 17.0 Å². The number of fused-ring (bicyclic) bond motifs is 1. The van der Waals surface area contributed by atoms with E-state index in [1.165, 1.54) is 0 Å². The lowest BCUT2D eigenvalue weighted by Crippen LogP contribution is -2.23. The van der Waals surface area contributed by atoms with Gasteiger partial charge in [-0.1, -0.05) is 0 Å². The Hall–Kier alpha value is -3.07. The van der Waals surface area contributed by atoms with Gasteiger partial charge in [0.1, 0.15) is 5.75 Å². The van der Waals surface area contributed by atoms with E-state index >= 15 is 0 Å². The van der Waals surface area contributed by atoms with Crippen LogP contribution in [0.1, 0.15) is 32.8 Å². The lowest BCUT2D eigenvalue weighted by molar-refractivity contribution is 0.0748. The highest BCUT2D eigenvalue weighted by atomic mass is 16.5. The molecule has 2 aromatic heterocycles. The van der Waals surface area contributed by atoms with Crippen molar-refractivity contribution in [1.82, 2.24) is 19.5 Å². The second-order valence-electron chi connectivity index (χ2n) is 7.51. The second-order valence-corrected chi connectivity index (χ2v) is 7.51. The molecule has 0 aliphatic carbocycles. The molecule has 0 amide bonds. The van der Waals surface area contributed by atoms with Gasteiger partial charge in [0.25, 0.3) is 0 Å².